The zero-order valence-electron chi connectivity index (χ0n) is 24.9. The van der Waals surface area contributed by atoms with Crippen molar-refractivity contribution in [2.24, 2.45) is 52.3 Å². The Labute approximate surface area is 236 Å². The first-order chi connectivity index (χ1) is 18.3. The normalized spacial score (nSPS) is 42.6. The third-order valence-corrected chi connectivity index (χ3v) is 14.3. The van der Waals surface area contributed by atoms with Gasteiger partial charge in [0.1, 0.15) is 0 Å². The van der Waals surface area contributed by atoms with Crippen LogP contribution < -0.4 is 10.0 Å². The molecule has 0 bridgehead atoms. The van der Waals surface area contributed by atoms with Crippen molar-refractivity contribution >= 4 is 17.6 Å². The van der Waals surface area contributed by atoms with Crippen molar-refractivity contribution in [3.8, 4) is 0 Å². The van der Waals surface area contributed by atoms with Crippen LogP contribution in [0.5, 0.6) is 0 Å². The highest BCUT2D eigenvalue weighted by Gasteiger charge is 2.60. The van der Waals surface area contributed by atoms with Crippen LogP contribution in [0.1, 0.15) is 124 Å². The topological polar surface area (TPSA) is 67.4 Å². The Kier molecular flexibility index (Phi) is 9.32. The molecule has 0 aromatic carbocycles. The van der Waals surface area contributed by atoms with E-state index in [0.717, 1.165) is 73.8 Å². The van der Waals surface area contributed by atoms with Crippen LogP contribution >= 0.6 is 0 Å². The van der Waals surface area contributed by atoms with Crippen LogP contribution in [0, 0.1) is 52.3 Å². The summed E-state index contributed by atoms with van der Waals surface area (Å²) >= 11 is -1.42. The third-order valence-electron chi connectivity index (χ3n) is 13.1. The van der Waals surface area contributed by atoms with Crippen LogP contribution in [0.2, 0.25) is 0 Å². The van der Waals surface area contributed by atoms with Crippen LogP contribution in [0.4, 0.5) is 4.79 Å². The third kappa shape index (κ3) is 5.53. The number of urea groups is 1. The minimum atomic E-state index is -1.42. The van der Waals surface area contributed by atoms with E-state index in [0.29, 0.717) is 17.4 Å². The van der Waals surface area contributed by atoms with Gasteiger partial charge in [-0.25, -0.2) is 4.79 Å². The highest BCUT2D eigenvalue weighted by molar-refractivity contribution is 7.87. The van der Waals surface area contributed by atoms with Gasteiger partial charge < -0.3 is 9.87 Å². The Morgan fingerprint density at radius 1 is 0.921 bits per heavy atom. The number of hydrogen-bond acceptors (Lipinski definition) is 3. The lowest BCUT2D eigenvalue weighted by Crippen LogP contribution is -2.55. The zero-order chi connectivity index (χ0) is 26.9. The van der Waals surface area contributed by atoms with Gasteiger partial charge in [-0.2, -0.15) is 0 Å². The summed E-state index contributed by atoms with van der Waals surface area (Å²) < 4.78 is 17.2. The Hall–Kier alpha value is -0.460. The average Bonchev–Trinajstić information content (AvgIpc) is 3.26. The quantitative estimate of drug-likeness (QED) is 0.245. The van der Waals surface area contributed by atoms with E-state index >= 15 is 0 Å². The summed E-state index contributed by atoms with van der Waals surface area (Å²) in [5, 5.41) is 3.01. The van der Waals surface area contributed by atoms with Gasteiger partial charge in [-0.1, -0.05) is 53.4 Å². The van der Waals surface area contributed by atoms with Crippen molar-refractivity contribution in [1.29, 1.82) is 0 Å². The molecule has 218 valence electrons. The van der Waals surface area contributed by atoms with E-state index in [1.807, 2.05) is 4.31 Å². The number of rotatable bonds is 8. The number of piperidine rings is 1. The van der Waals surface area contributed by atoms with E-state index in [9.17, 15) is 9.35 Å². The maximum atomic E-state index is 12.6. The summed E-state index contributed by atoms with van der Waals surface area (Å²) in [5.74, 6) is 6.30. The molecule has 5 aliphatic rings. The number of hydrogen-bond donors (Lipinski definition) is 2. The number of fused-ring (bicyclic) bond motifs is 5. The molecule has 9 atom stereocenters. The lowest BCUT2D eigenvalue weighted by molar-refractivity contribution is -0.135. The lowest BCUT2D eigenvalue weighted by Gasteiger charge is -2.62. The van der Waals surface area contributed by atoms with E-state index in [1.54, 1.807) is 0 Å². The maximum Gasteiger partial charge on any atom is 0.357 e. The Morgan fingerprint density at radius 3 is 2.42 bits per heavy atom. The smallest absolute Gasteiger partial charge is 0.357 e. The molecular weight excluding hydrogens is 490 g/mol. The Balaban J connectivity index is 1.09. The van der Waals surface area contributed by atoms with Gasteiger partial charge in [0.25, 0.3) is 0 Å². The molecule has 2 N–H and O–H groups in total. The molecule has 0 radical (unpaired) electrons. The molecule has 5 nitrogen and oxygen atoms in total. The minimum Gasteiger partial charge on any atom is -0.573 e. The van der Waals surface area contributed by atoms with Gasteiger partial charge in [-0.05, 0) is 123 Å². The zero-order valence-corrected chi connectivity index (χ0v) is 25.8. The van der Waals surface area contributed by atoms with E-state index in [-0.39, 0.29) is 6.03 Å². The van der Waals surface area contributed by atoms with Gasteiger partial charge in [-0.15, -0.1) is 9.03 Å². The van der Waals surface area contributed by atoms with Gasteiger partial charge in [0, 0.05) is 19.6 Å². The molecule has 4 aliphatic carbocycles. The molecule has 1 saturated heterocycles. The molecule has 1 aliphatic heterocycles. The number of carbonyl (C=O) groups excluding carboxylic acids is 1. The van der Waals surface area contributed by atoms with Crippen molar-refractivity contribution in [3.05, 3.63) is 0 Å². The minimum absolute atomic E-state index is 0.278. The summed E-state index contributed by atoms with van der Waals surface area (Å²) in [6.07, 6.45) is 20.1. The number of carbonyl (C=O) groups is 1. The van der Waals surface area contributed by atoms with Gasteiger partial charge in [0.2, 0.25) is 0 Å². The van der Waals surface area contributed by atoms with E-state index in [1.165, 1.54) is 77.0 Å². The first kappa shape index (κ1) is 29.0. The fraction of sp³-hybridized carbons (Fsp3) is 0.969. The first-order valence-corrected chi connectivity index (χ1v) is 17.6. The maximum absolute atomic E-state index is 12.6. The molecule has 0 aromatic rings. The molecule has 0 aromatic heterocycles. The summed E-state index contributed by atoms with van der Waals surface area (Å²) in [6, 6.07) is -0.278. The van der Waals surface area contributed by atoms with E-state index in [4.69, 9.17) is 0 Å². The second kappa shape index (κ2) is 12.2. The molecular formula is C32H57N3O2S. The van der Waals surface area contributed by atoms with Crippen molar-refractivity contribution in [2.45, 2.75) is 124 Å². The SMILES string of the molecule is CCC1CCN([S+]([O-])NC(=O)NCCCC2CCC3C4C[C@H](CC)C5CCCCC5(C)[C@H]4CCC23C)CC1. The number of nitrogens with one attached hydrogen (secondary N) is 2. The molecule has 6 heteroatoms. The fourth-order valence-electron chi connectivity index (χ4n) is 10.8. The number of nitrogens with zero attached hydrogens (tertiary/aromatic N) is 1. The van der Waals surface area contributed by atoms with Crippen molar-refractivity contribution in [1.82, 2.24) is 14.3 Å². The largest absolute Gasteiger partial charge is 0.573 e. The summed E-state index contributed by atoms with van der Waals surface area (Å²) in [7, 11) is 0. The van der Waals surface area contributed by atoms with Crippen LogP contribution in [0.25, 0.3) is 0 Å². The van der Waals surface area contributed by atoms with Crippen molar-refractivity contribution < 1.29 is 9.35 Å². The monoisotopic (exact) mass is 547 g/mol. The molecule has 1 heterocycles. The molecule has 5 fully saturated rings. The Bertz CT molecular complexity index is 804. The van der Waals surface area contributed by atoms with Crippen LogP contribution in [0.15, 0.2) is 0 Å². The fourth-order valence-corrected chi connectivity index (χ4v) is 11.7. The molecule has 4 saturated carbocycles. The predicted molar refractivity (Wildman–Crippen MR) is 157 cm³/mol. The van der Waals surface area contributed by atoms with Crippen LogP contribution in [0.3, 0.4) is 0 Å². The lowest BCUT2D eigenvalue weighted by atomic mass is 9.42. The Morgan fingerprint density at radius 2 is 1.68 bits per heavy atom. The molecule has 5 rings (SSSR count). The highest BCUT2D eigenvalue weighted by Crippen LogP contribution is 2.69. The second-order valence-corrected chi connectivity index (χ2v) is 15.7. The van der Waals surface area contributed by atoms with Crippen molar-refractivity contribution in [3.63, 3.8) is 0 Å². The average molecular weight is 548 g/mol. The molecule has 38 heavy (non-hydrogen) atoms. The van der Waals surface area contributed by atoms with Crippen LogP contribution in [-0.2, 0) is 11.5 Å². The van der Waals surface area contributed by atoms with E-state index in [2.05, 4.69) is 37.7 Å². The molecule has 7 unspecified atom stereocenters. The van der Waals surface area contributed by atoms with Crippen LogP contribution in [-0.4, -0.2) is 34.5 Å². The predicted octanol–water partition coefficient (Wildman–Crippen LogP) is 7.45. The molecule has 0 spiro atoms. The highest BCUT2D eigenvalue weighted by atomic mass is 32.2. The second-order valence-electron chi connectivity index (χ2n) is 14.5. The first-order valence-electron chi connectivity index (χ1n) is 16.5. The summed E-state index contributed by atoms with van der Waals surface area (Å²) in [4.78, 5) is 12.4. The van der Waals surface area contributed by atoms with E-state index < -0.39 is 11.5 Å². The van der Waals surface area contributed by atoms with Gasteiger partial charge >= 0.3 is 6.03 Å². The summed E-state index contributed by atoms with van der Waals surface area (Å²) in [6.45, 7) is 12.4. The van der Waals surface area contributed by atoms with Gasteiger partial charge in [-0.3, -0.25) is 0 Å². The van der Waals surface area contributed by atoms with Gasteiger partial charge in [0.05, 0.1) is 0 Å². The summed E-state index contributed by atoms with van der Waals surface area (Å²) in [5.41, 5.74) is 1.09. The van der Waals surface area contributed by atoms with Gasteiger partial charge in [0.15, 0.2) is 11.5 Å². The standard InChI is InChI=1S/C32H57N3O2S/c1-5-23-15-20-35(21-16-23)38(37)34-30(36)33-19-9-10-25-12-13-28-26-22-24(6-2)27-11-7-8-17-32(27,4)29(26)14-18-31(25,28)3/h23-29H,5-22H2,1-4H3,(H2,33,34,36)/t24-,25?,26?,27?,28?,29-,31?,32?,38?/m0/s1. The number of amides is 2. The molecule has 2 amide bonds. The van der Waals surface area contributed by atoms with Crippen molar-refractivity contribution in [2.75, 3.05) is 19.6 Å².